The molecule has 11 heteroatoms. The fourth-order valence-electron chi connectivity index (χ4n) is 1.25. The van der Waals surface area contributed by atoms with Gasteiger partial charge in [-0.05, 0) is 19.4 Å². The molecule has 0 aromatic carbocycles. The molecule has 5 atom stereocenters. The summed E-state index contributed by atoms with van der Waals surface area (Å²) in [7, 11) is 0. The zero-order chi connectivity index (χ0) is 17.7. The summed E-state index contributed by atoms with van der Waals surface area (Å²) >= 11 is 0. The molecule has 10 nitrogen and oxygen atoms in total. The molecule has 0 rings (SSSR count). The molecular formula is C12H27ClN2O8. The van der Waals surface area contributed by atoms with Crippen LogP contribution in [0.2, 0.25) is 0 Å². The Morgan fingerprint density at radius 2 is 1.61 bits per heavy atom. The number of carboxylic acid groups (broad SMARTS) is 1. The molecule has 0 amide bonds. The molecule has 0 aliphatic heterocycles. The topological polar surface area (TPSA) is 208 Å². The van der Waals surface area contributed by atoms with Crippen LogP contribution in [-0.4, -0.2) is 86.5 Å². The van der Waals surface area contributed by atoms with Crippen LogP contribution >= 0.6 is 12.4 Å². The number of nitrogens with two attached hydrogens (primary N) is 2. The first-order chi connectivity index (χ1) is 10.2. The molecule has 0 saturated carbocycles. The Hall–Kier alpha value is -0.850. The fraction of sp³-hybridized carbons (Fsp3) is 0.833. The minimum Gasteiger partial charge on any atom is -0.480 e. The van der Waals surface area contributed by atoms with Crippen molar-refractivity contribution < 1.29 is 40.2 Å². The quantitative estimate of drug-likeness (QED) is 0.142. The van der Waals surface area contributed by atoms with Crippen LogP contribution in [0.1, 0.15) is 19.3 Å². The van der Waals surface area contributed by atoms with Crippen molar-refractivity contribution in [2.24, 2.45) is 11.5 Å². The maximum atomic E-state index is 10.1. The van der Waals surface area contributed by atoms with Crippen LogP contribution in [0.4, 0.5) is 0 Å². The van der Waals surface area contributed by atoms with E-state index in [-0.39, 0.29) is 18.7 Å². The van der Waals surface area contributed by atoms with E-state index in [9.17, 15) is 9.59 Å². The van der Waals surface area contributed by atoms with Crippen LogP contribution in [0, 0.1) is 0 Å². The molecule has 5 unspecified atom stereocenters. The number of carbonyl (C=O) groups excluding carboxylic acids is 1. The predicted molar refractivity (Wildman–Crippen MR) is 82.9 cm³/mol. The van der Waals surface area contributed by atoms with E-state index >= 15 is 0 Å². The van der Waals surface area contributed by atoms with Crippen molar-refractivity contribution in [1.29, 1.82) is 0 Å². The average molecular weight is 363 g/mol. The van der Waals surface area contributed by atoms with Crippen LogP contribution in [0.3, 0.4) is 0 Å². The lowest BCUT2D eigenvalue weighted by molar-refractivity contribution is -0.138. The maximum Gasteiger partial charge on any atom is 0.320 e. The van der Waals surface area contributed by atoms with Crippen LogP contribution in [0.15, 0.2) is 0 Å². The third-order valence-corrected chi connectivity index (χ3v) is 2.71. The van der Waals surface area contributed by atoms with E-state index in [1.54, 1.807) is 0 Å². The molecule has 0 aliphatic rings. The van der Waals surface area contributed by atoms with Gasteiger partial charge >= 0.3 is 5.97 Å². The monoisotopic (exact) mass is 362 g/mol. The van der Waals surface area contributed by atoms with Crippen LogP contribution in [-0.2, 0) is 9.59 Å². The third kappa shape index (κ3) is 13.3. The van der Waals surface area contributed by atoms with Crippen molar-refractivity contribution in [2.75, 3.05) is 13.2 Å². The lowest BCUT2D eigenvalue weighted by atomic mass is 10.0. The Morgan fingerprint density at radius 1 is 1.09 bits per heavy atom. The highest BCUT2D eigenvalue weighted by atomic mass is 35.5. The molecule has 0 radical (unpaired) electrons. The number of aliphatic hydroxyl groups is 5. The van der Waals surface area contributed by atoms with Gasteiger partial charge in [0.2, 0.25) is 0 Å². The van der Waals surface area contributed by atoms with E-state index in [1.807, 2.05) is 0 Å². The van der Waals surface area contributed by atoms with Crippen LogP contribution in [0.25, 0.3) is 0 Å². The number of halogens is 1. The number of carboxylic acids is 1. The normalized spacial score (nSPS) is 16.7. The number of rotatable bonds is 10. The molecule has 0 aromatic rings. The van der Waals surface area contributed by atoms with Crippen molar-refractivity contribution in [3.8, 4) is 0 Å². The number of aldehydes is 1. The lowest BCUT2D eigenvalue weighted by Gasteiger charge is -2.22. The van der Waals surface area contributed by atoms with Gasteiger partial charge in [-0.1, -0.05) is 6.42 Å². The van der Waals surface area contributed by atoms with Crippen molar-refractivity contribution in [3.05, 3.63) is 0 Å². The van der Waals surface area contributed by atoms with Gasteiger partial charge in [-0.3, -0.25) is 4.79 Å². The Labute approximate surface area is 140 Å². The summed E-state index contributed by atoms with van der Waals surface area (Å²) < 4.78 is 0. The van der Waals surface area contributed by atoms with Crippen molar-refractivity contribution >= 4 is 24.7 Å². The second kappa shape index (κ2) is 16.0. The summed E-state index contributed by atoms with van der Waals surface area (Å²) in [6.07, 6.45) is -4.68. The summed E-state index contributed by atoms with van der Waals surface area (Å²) in [6, 6.07) is -0.716. The van der Waals surface area contributed by atoms with Crippen molar-refractivity contribution in [1.82, 2.24) is 0 Å². The van der Waals surface area contributed by atoms with E-state index in [2.05, 4.69) is 0 Å². The number of aliphatic hydroxyl groups excluding tert-OH is 5. The zero-order valence-electron chi connectivity index (χ0n) is 12.6. The largest absolute Gasteiger partial charge is 0.480 e. The molecular weight excluding hydrogens is 336 g/mol. The zero-order valence-corrected chi connectivity index (χ0v) is 13.4. The fourth-order valence-corrected chi connectivity index (χ4v) is 1.25. The molecule has 0 bridgehead atoms. The van der Waals surface area contributed by atoms with Crippen molar-refractivity contribution in [2.45, 2.75) is 49.7 Å². The summed E-state index contributed by atoms with van der Waals surface area (Å²) in [4.78, 5) is 20.0. The second-order valence-electron chi connectivity index (χ2n) is 4.59. The highest BCUT2D eigenvalue weighted by Crippen LogP contribution is 2.03. The molecule has 0 saturated heterocycles. The Balaban J connectivity index is -0.000000338. The van der Waals surface area contributed by atoms with Gasteiger partial charge in [0.15, 0.2) is 6.29 Å². The third-order valence-electron chi connectivity index (χ3n) is 2.71. The Morgan fingerprint density at radius 3 is 1.96 bits per heavy atom. The average Bonchev–Trinajstić information content (AvgIpc) is 2.52. The molecule has 0 aromatic heterocycles. The van der Waals surface area contributed by atoms with E-state index in [1.165, 1.54) is 0 Å². The van der Waals surface area contributed by atoms with Gasteiger partial charge in [-0.15, -0.1) is 12.4 Å². The van der Waals surface area contributed by atoms with E-state index in [4.69, 9.17) is 42.1 Å². The Kier molecular flexibility index (Phi) is 18.8. The highest BCUT2D eigenvalue weighted by Gasteiger charge is 2.29. The second-order valence-corrected chi connectivity index (χ2v) is 4.59. The predicted octanol–water partition coefficient (Wildman–Crippen LogP) is -3.43. The summed E-state index contributed by atoms with van der Waals surface area (Å²) in [5.74, 6) is -0.933. The van der Waals surface area contributed by atoms with Crippen molar-refractivity contribution in [3.63, 3.8) is 0 Å². The number of aliphatic carboxylic acids is 1. The molecule has 0 heterocycles. The van der Waals surface area contributed by atoms with E-state index in [0.717, 1.165) is 12.8 Å². The van der Waals surface area contributed by atoms with Gasteiger partial charge in [0.25, 0.3) is 0 Å². The molecule has 0 fully saturated rings. The van der Waals surface area contributed by atoms with Gasteiger partial charge in [0.05, 0.1) is 6.61 Å². The Bertz CT molecular complexity index is 311. The molecule has 140 valence electrons. The highest BCUT2D eigenvalue weighted by molar-refractivity contribution is 5.85. The maximum absolute atomic E-state index is 10.1. The summed E-state index contributed by atoms with van der Waals surface area (Å²) in [6.45, 7) is -0.157. The summed E-state index contributed by atoms with van der Waals surface area (Å²) in [5, 5.41) is 51.9. The van der Waals surface area contributed by atoms with Gasteiger partial charge in [-0.25, -0.2) is 0 Å². The number of hydrogen-bond acceptors (Lipinski definition) is 9. The first-order valence-electron chi connectivity index (χ1n) is 6.69. The molecule has 10 N–H and O–H groups in total. The first-order valence-corrected chi connectivity index (χ1v) is 6.69. The minimum absolute atomic E-state index is 0. The number of hydrogen-bond donors (Lipinski definition) is 8. The molecule has 0 spiro atoms. The lowest BCUT2D eigenvalue weighted by Crippen LogP contribution is -2.46. The SMILES string of the molecule is Cl.NCCCCC(N)C(=O)O.O=CC(O)C(O)C(O)C(O)CO. The van der Waals surface area contributed by atoms with Crippen LogP contribution in [0.5, 0.6) is 0 Å². The smallest absolute Gasteiger partial charge is 0.320 e. The van der Waals surface area contributed by atoms with Crippen LogP contribution < -0.4 is 11.5 Å². The molecule has 23 heavy (non-hydrogen) atoms. The van der Waals surface area contributed by atoms with Gasteiger partial charge in [0.1, 0.15) is 30.5 Å². The summed E-state index contributed by atoms with van der Waals surface area (Å²) in [5.41, 5.74) is 10.4. The van der Waals surface area contributed by atoms with Gasteiger partial charge in [-0.2, -0.15) is 0 Å². The number of carbonyl (C=O) groups is 2. The van der Waals surface area contributed by atoms with Gasteiger partial charge < -0.3 is 46.9 Å². The molecule has 0 aliphatic carbocycles. The standard InChI is InChI=1S/C6H14N2O2.C6H12O6.ClH/c7-4-2-1-3-5(8)6(9)10;7-1-3(9)5(11)6(12)4(10)2-8;/h5H,1-4,7-8H2,(H,9,10);1,3-6,8-12H,2H2;1H. The first kappa shape index (κ1) is 27.0. The minimum atomic E-state index is -1.79. The number of unbranched alkanes of at least 4 members (excludes halogenated alkanes) is 1. The van der Waals surface area contributed by atoms with E-state index < -0.39 is 43.0 Å². The van der Waals surface area contributed by atoms with E-state index in [0.29, 0.717) is 13.0 Å². The van der Waals surface area contributed by atoms with Gasteiger partial charge in [0, 0.05) is 0 Å².